The van der Waals surface area contributed by atoms with E-state index in [9.17, 15) is 4.79 Å². The number of amides is 1. The van der Waals surface area contributed by atoms with Crippen LogP contribution in [0.2, 0.25) is 0 Å². The number of carbonyl (C=O) groups is 1. The maximum atomic E-state index is 11.9. The highest BCUT2D eigenvalue weighted by molar-refractivity contribution is 5.93. The van der Waals surface area contributed by atoms with Crippen molar-refractivity contribution in [2.45, 2.75) is 33.0 Å². The van der Waals surface area contributed by atoms with Crippen LogP contribution >= 0.6 is 0 Å². The molecule has 0 saturated heterocycles. The number of nitrogens with two attached hydrogens (primary N) is 1. The summed E-state index contributed by atoms with van der Waals surface area (Å²) >= 11 is 0. The number of nitrogens with one attached hydrogen (secondary N) is 1. The lowest BCUT2D eigenvalue weighted by atomic mass is 10.1. The minimum atomic E-state index is -0.541. The Kier molecular flexibility index (Phi) is 5.24. The monoisotopic (exact) mass is 430 g/mol. The summed E-state index contributed by atoms with van der Waals surface area (Å²) in [5.74, 6) is 0.749. The number of ether oxygens (including phenoxy) is 1. The Labute approximate surface area is 184 Å². The lowest BCUT2D eigenvalue weighted by molar-refractivity contribution is -0.787. The highest BCUT2D eigenvalue weighted by Crippen LogP contribution is 2.27. The van der Waals surface area contributed by atoms with Crippen LogP contribution in [-0.2, 0) is 24.4 Å². The maximum Gasteiger partial charge on any atom is 0.279 e. The van der Waals surface area contributed by atoms with Crippen molar-refractivity contribution < 1.29 is 14.2 Å². The van der Waals surface area contributed by atoms with E-state index in [4.69, 9.17) is 20.6 Å². The molecule has 9 heteroatoms. The molecule has 0 fully saturated rings. The molecule has 0 aliphatic carbocycles. The van der Waals surface area contributed by atoms with Crippen molar-refractivity contribution in [2.24, 2.45) is 5.73 Å². The summed E-state index contributed by atoms with van der Waals surface area (Å²) in [4.78, 5) is 16.8. The van der Waals surface area contributed by atoms with Gasteiger partial charge in [0.1, 0.15) is 5.69 Å². The molecule has 0 bridgehead atoms. The number of carbonyl (C=O) groups excluding carboxylic acids is 1. The summed E-state index contributed by atoms with van der Waals surface area (Å²) in [5, 5.41) is 12.8. The van der Waals surface area contributed by atoms with Gasteiger partial charge in [-0.05, 0) is 31.0 Å². The first-order valence-corrected chi connectivity index (χ1v) is 10.6. The third-order valence-corrected chi connectivity index (χ3v) is 5.55. The van der Waals surface area contributed by atoms with Crippen LogP contribution in [0.3, 0.4) is 0 Å². The van der Waals surface area contributed by atoms with Crippen molar-refractivity contribution in [1.29, 1.82) is 0 Å². The number of aromatic nitrogens is 5. The van der Waals surface area contributed by atoms with Gasteiger partial charge in [-0.1, -0.05) is 41.1 Å². The van der Waals surface area contributed by atoms with Crippen LogP contribution in [-0.4, -0.2) is 32.2 Å². The fraction of sp³-hybridized carbons (Fsp3) is 0.261. The Morgan fingerprint density at radius 3 is 2.88 bits per heavy atom. The third kappa shape index (κ3) is 3.67. The minimum Gasteiger partial charge on any atom is -0.364 e. The summed E-state index contributed by atoms with van der Waals surface area (Å²) < 4.78 is 9.16. The molecule has 0 saturated carbocycles. The van der Waals surface area contributed by atoms with E-state index in [1.165, 1.54) is 0 Å². The van der Waals surface area contributed by atoms with Gasteiger partial charge in [0.2, 0.25) is 5.82 Å². The zero-order chi connectivity index (χ0) is 22.1. The van der Waals surface area contributed by atoms with Crippen molar-refractivity contribution in [3.63, 3.8) is 0 Å². The molecule has 4 heterocycles. The largest absolute Gasteiger partial charge is 0.364 e. The molecular formula is C23H24N7O2+. The number of hydrogen-bond donors (Lipinski definition) is 2. The molecule has 1 amide bonds. The fourth-order valence-electron chi connectivity index (χ4n) is 4.01. The van der Waals surface area contributed by atoms with E-state index in [0.717, 1.165) is 41.0 Å². The van der Waals surface area contributed by atoms with E-state index in [0.29, 0.717) is 37.1 Å². The standard InChI is InChI=1S/C23H23N7O2/c1-15-20(17-9-5-10-18(21(24)31)30(17)27-15)23-26-22(25-13-16-7-3-2-4-8-16)19-11-6-12-32-14-29(19)28-23/h2-5,7-10H,6,11-14H2,1H3,(H2-,24,25,26,28,31)/p+1. The minimum absolute atomic E-state index is 0.310. The number of rotatable bonds is 5. The van der Waals surface area contributed by atoms with E-state index in [-0.39, 0.29) is 0 Å². The van der Waals surface area contributed by atoms with E-state index in [1.54, 1.807) is 16.6 Å². The fourth-order valence-corrected chi connectivity index (χ4v) is 4.01. The first-order chi connectivity index (χ1) is 15.6. The Morgan fingerprint density at radius 1 is 1.22 bits per heavy atom. The highest BCUT2D eigenvalue weighted by Gasteiger charge is 2.28. The average molecular weight is 430 g/mol. The zero-order valence-electron chi connectivity index (χ0n) is 17.8. The molecule has 9 nitrogen and oxygen atoms in total. The Morgan fingerprint density at radius 2 is 2.06 bits per heavy atom. The number of benzene rings is 1. The first-order valence-electron chi connectivity index (χ1n) is 10.6. The SMILES string of the molecule is Cc1nn2c(C(N)=O)cccc2c1-c1nc(NCc2ccccc2)c2[n+](n1)COCCC2. The molecule has 1 aliphatic rings. The molecule has 3 N–H and O–H groups in total. The van der Waals surface area contributed by atoms with Crippen molar-refractivity contribution in [3.05, 3.63) is 71.2 Å². The topological polar surface area (TPSA) is 111 Å². The molecule has 5 rings (SSSR count). The van der Waals surface area contributed by atoms with Gasteiger partial charge in [0, 0.05) is 18.1 Å². The summed E-state index contributed by atoms with van der Waals surface area (Å²) in [6.45, 7) is 3.55. The van der Waals surface area contributed by atoms with Crippen molar-refractivity contribution >= 4 is 17.2 Å². The van der Waals surface area contributed by atoms with Gasteiger partial charge >= 0.3 is 0 Å². The van der Waals surface area contributed by atoms with Gasteiger partial charge in [-0.2, -0.15) is 10.1 Å². The number of aryl methyl sites for hydroxylation is 1. The Hall–Kier alpha value is -3.85. The van der Waals surface area contributed by atoms with Gasteiger partial charge in [0.15, 0.2) is 5.82 Å². The number of nitrogens with zero attached hydrogens (tertiary/aromatic N) is 5. The van der Waals surface area contributed by atoms with Crippen LogP contribution < -0.4 is 15.7 Å². The van der Waals surface area contributed by atoms with Gasteiger partial charge in [-0.25, -0.2) is 4.52 Å². The lowest BCUT2D eigenvalue weighted by Crippen LogP contribution is -2.44. The second-order valence-corrected chi connectivity index (χ2v) is 7.74. The molecule has 3 aromatic heterocycles. The van der Waals surface area contributed by atoms with Crippen LogP contribution in [0.5, 0.6) is 0 Å². The zero-order valence-corrected chi connectivity index (χ0v) is 17.8. The van der Waals surface area contributed by atoms with E-state index in [2.05, 4.69) is 22.5 Å². The molecule has 0 spiro atoms. The molecule has 1 aliphatic heterocycles. The second-order valence-electron chi connectivity index (χ2n) is 7.74. The van der Waals surface area contributed by atoms with Crippen molar-refractivity contribution in [2.75, 3.05) is 11.9 Å². The molecule has 162 valence electrons. The van der Waals surface area contributed by atoms with Crippen molar-refractivity contribution in [1.82, 2.24) is 19.7 Å². The quantitative estimate of drug-likeness (QED) is 0.469. The van der Waals surface area contributed by atoms with E-state index < -0.39 is 5.91 Å². The van der Waals surface area contributed by atoms with Crippen LogP contribution in [0.1, 0.15) is 33.9 Å². The first kappa shape index (κ1) is 20.1. The molecular weight excluding hydrogens is 406 g/mol. The number of hydrogen-bond acceptors (Lipinski definition) is 6. The van der Waals surface area contributed by atoms with Crippen LogP contribution in [0, 0.1) is 6.92 Å². The predicted octanol–water partition coefficient (Wildman–Crippen LogP) is 2.02. The van der Waals surface area contributed by atoms with Crippen LogP contribution in [0.4, 0.5) is 5.82 Å². The normalized spacial score (nSPS) is 13.5. The number of anilines is 1. The molecule has 0 unspecified atom stereocenters. The van der Waals surface area contributed by atoms with Gasteiger partial charge in [-0.15, -0.1) is 0 Å². The highest BCUT2D eigenvalue weighted by atomic mass is 16.5. The molecule has 0 atom stereocenters. The van der Waals surface area contributed by atoms with Crippen LogP contribution in [0.25, 0.3) is 16.9 Å². The van der Waals surface area contributed by atoms with Gasteiger partial charge in [-0.3, -0.25) is 4.79 Å². The Balaban J connectivity index is 1.63. The van der Waals surface area contributed by atoms with E-state index >= 15 is 0 Å². The number of fused-ring (bicyclic) bond motifs is 2. The summed E-state index contributed by atoms with van der Waals surface area (Å²) in [5.41, 5.74) is 10.2. The van der Waals surface area contributed by atoms with Gasteiger partial charge in [0.05, 0.1) is 23.4 Å². The van der Waals surface area contributed by atoms with E-state index in [1.807, 2.05) is 35.9 Å². The summed E-state index contributed by atoms with van der Waals surface area (Å²) in [6.07, 6.45) is 1.72. The van der Waals surface area contributed by atoms with Crippen LogP contribution in [0.15, 0.2) is 48.5 Å². The smallest absolute Gasteiger partial charge is 0.279 e. The Bertz CT molecular complexity index is 1300. The molecule has 0 radical (unpaired) electrons. The van der Waals surface area contributed by atoms with Crippen molar-refractivity contribution in [3.8, 4) is 11.4 Å². The lowest BCUT2D eigenvalue weighted by Gasteiger charge is -2.10. The predicted molar refractivity (Wildman–Crippen MR) is 118 cm³/mol. The molecule has 32 heavy (non-hydrogen) atoms. The number of pyridine rings is 1. The maximum absolute atomic E-state index is 11.9. The second kappa shape index (κ2) is 8.35. The molecule has 1 aromatic carbocycles. The van der Waals surface area contributed by atoms with Gasteiger partial charge < -0.3 is 15.8 Å². The van der Waals surface area contributed by atoms with Gasteiger partial charge in [0.25, 0.3) is 18.3 Å². The third-order valence-electron chi connectivity index (χ3n) is 5.55. The summed E-state index contributed by atoms with van der Waals surface area (Å²) in [7, 11) is 0. The number of primary amides is 1. The average Bonchev–Trinajstić information content (AvgIpc) is 2.96. The molecule has 4 aromatic rings. The summed E-state index contributed by atoms with van der Waals surface area (Å²) in [6, 6.07) is 15.5.